The Labute approximate surface area is 134 Å². The number of carbonyl (C=O) groups is 1. The Morgan fingerprint density at radius 1 is 1.43 bits per heavy atom. The highest BCUT2D eigenvalue weighted by Crippen LogP contribution is 2.33. The molecule has 0 aliphatic heterocycles. The van der Waals surface area contributed by atoms with Crippen LogP contribution in [0.25, 0.3) is 0 Å². The van der Waals surface area contributed by atoms with E-state index < -0.39 is 0 Å². The fourth-order valence-electron chi connectivity index (χ4n) is 2.20. The van der Waals surface area contributed by atoms with Crippen LogP contribution in [0.3, 0.4) is 0 Å². The molecular formula is C16H19ClN2OS. The molecule has 3 nitrogen and oxygen atoms in total. The zero-order chi connectivity index (χ0) is 15.4. The number of hydrogen-bond acceptors (Lipinski definition) is 4. The van der Waals surface area contributed by atoms with Crippen molar-refractivity contribution in [2.45, 2.75) is 32.7 Å². The standard InChI is InChI=1S/C16H19ClN2OS/c1-4-7-14-15(10-20)21-16(18-14)19(3)11(2)12-8-5-6-9-13(12)17/h5-6,8-11H,4,7H2,1-3H3. The van der Waals surface area contributed by atoms with Crippen LogP contribution in [0.4, 0.5) is 5.13 Å². The topological polar surface area (TPSA) is 33.2 Å². The fourth-order valence-corrected chi connectivity index (χ4v) is 3.46. The summed E-state index contributed by atoms with van der Waals surface area (Å²) in [6.45, 7) is 4.17. The number of thiazole rings is 1. The minimum Gasteiger partial charge on any atom is -0.344 e. The minimum atomic E-state index is 0.0961. The Balaban J connectivity index is 2.29. The van der Waals surface area contributed by atoms with E-state index in [1.807, 2.05) is 31.3 Å². The summed E-state index contributed by atoms with van der Waals surface area (Å²) >= 11 is 7.70. The van der Waals surface area contributed by atoms with Gasteiger partial charge in [0.05, 0.1) is 16.6 Å². The Morgan fingerprint density at radius 2 is 2.14 bits per heavy atom. The first-order chi connectivity index (χ1) is 10.1. The third-order valence-corrected chi connectivity index (χ3v) is 5.01. The van der Waals surface area contributed by atoms with Crippen LogP contribution >= 0.6 is 22.9 Å². The molecule has 5 heteroatoms. The molecule has 0 spiro atoms. The molecule has 1 heterocycles. The number of aldehydes is 1. The first-order valence-corrected chi connectivity index (χ1v) is 8.20. The van der Waals surface area contributed by atoms with E-state index in [4.69, 9.17) is 11.6 Å². The Hall–Kier alpha value is -1.39. The Morgan fingerprint density at radius 3 is 2.76 bits per heavy atom. The lowest BCUT2D eigenvalue weighted by molar-refractivity contribution is 0.112. The van der Waals surface area contributed by atoms with Gasteiger partial charge >= 0.3 is 0 Å². The van der Waals surface area contributed by atoms with Crippen molar-refractivity contribution in [1.29, 1.82) is 0 Å². The van der Waals surface area contributed by atoms with Crippen molar-refractivity contribution in [1.82, 2.24) is 4.98 Å². The number of halogens is 1. The summed E-state index contributed by atoms with van der Waals surface area (Å²) in [6.07, 6.45) is 2.72. The lowest BCUT2D eigenvalue weighted by atomic mass is 10.1. The number of hydrogen-bond donors (Lipinski definition) is 0. The molecule has 0 aliphatic rings. The van der Waals surface area contributed by atoms with Crippen LogP contribution in [0.1, 0.15) is 47.2 Å². The smallest absolute Gasteiger partial charge is 0.186 e. The molecule has 1 aromatic carbocycles. The lowest BCUT2D eigenvalue weighted by Gasteiger charge is -2.25. The molecule has 2 rings (SSSR count). The lowest BCUT2D eigenvalue weighted by Crippen LogP contribution is -2.21. The monoisotopic (exact) mass is 322 g/mol. The van der Waals surface area contributed by atoms with Crippen molar-refractivity contribution in [3.05, 3.63) is 45.4 Å². The van der Waals surface area contributed by atoms with Crippen LogP contribution in [0.2, 0.25) is 5.02 Å². The van der Waals surface area contributed by atoms with Gasteiger partial charge in [-0.2, -0.15) is 0 Å². The van der Waals surface area contributed by atoms with Crippen LogP contribution < -0.4 is 4.90 Å². The van der Waals surface area contributed by atoms with E-state index >= 15 is 0 Å². The maximum Gasteiger partial charge on any atom is 0.186 e. The van der Waals surface area contributed by atoms with Crippen molar-refractivity contribution >= 4 is 34.4 Å². The van der Waals surface area contributed by atoms with Crippen LogP contribution in [-0.4, -0.2) is 18.3 Å². The van der Waals surface area contributed by atoms with Gasteiger partial charge in [-0.05, 0) is 25.0 Å². The summed E-state index contributed by atoms with van der Waals surface area (Å²) < 4.78 is 0. The van der Waals surface area contributed by atoms with E-state index in [9.17, 15) is 4.79 Å². The number of nitrogens with zero attached hydrogens (tertiary/aromatic N) is 2. The first-order valence-electron chi connectivity index (χ1n) is 7.00. The Kier molecular flexibility index (Phi) is 5.37. The van der Waals surface area contributed by atoms with Gasteiger partial charge in [0.25, 0.3) is 0 Å². The van der Waals surface area contributed by atoms with Gasteiger partial charge in [-0.1, -0.05) is 54.5 Å². The third-order valence-electron chi connectivity index (χ3n) is 3.55. The molecule has 1 aromatic heterocycles. The van der Waals surface area contributed by atoms with Crippen molar-refractivity contribution < 1.29 is 4.79 Å². The number of anilines is 1. The molecule has 1 unspecified atom stereocenters. The van der Waals surface area contributed by atoms with Crippen LogP contribution in [0.5, 0.6) is 0 Å². The maximum atomic E-state index is 11.2. The number of rotatable bonds is 6. The molecule has 0 aliphatic carbocycles. The van der Waals surface area contributed by atoms with Crippen LogP contribution in [-0.2, 0) is 6.42 Å². The van der Waals surface area contributed by atoms with Crippen molar-refractivity contribution in [3.8, 4) is 0 Å². The molecule has 0 radical (unpaired) electrons. The summed E-state index contributed by atoms with van der Waals surface area (Å²) in [6, 6.07) is 7.91. The second kappa shape index (κ2) is 7.05. The second-order valence-electron chi connectivity index (χ2n) is 4.98. The first kappa shape index (κ1) is 16.0. The van der Waals surface area contributed by atoms with Gasteiger partial charge in [0.1, 0.15) is 0 Å². The van der Waals surface area contributed by atoms with Gasteiger partial charge in [-0.15, -0.1) is 0 Å². The number of benzene rings is 1. The summed E-state index contributed by atoms with van der Waals surface area (Å²) in [5.41, 5.74) is 1.95. The van der Waals surface area contributed by atoms with Crippen molar-refractivity contribution in [2.75, 3.05) is 11.9 Å². The van der Waals surface area contributed by atoms with E-state index in [1.165, 1.54) is 11.3 Å². The predicted octanol–water partition coefficient (Wildman–Crippen LogP) is 4.76. The molecular weight excluding hydrogens is 304 g/mol. The highest BCUT2D eigenvalue weighted by atomic mass is 35.5. The molecule has 0 amide bonds. The van der Waals surface area contributed by atoms with Crippen molar-refractivity contribution in [2.24, 2.45) is 0 Å². The summed E-state index contributed by atoms with van der Waals surface area (Å²) in [7, 11) is 1.98. The summed E-state index contributed by atoms with van der Waals surface area (Å²) in [4.78, 5) is 18.6. The Bertz CT molecular complexity index is 626. The quantitative estimate of drug-likeness (QED) is 0.719. The average molecular weight is 323 g/mol. The molecule has 21 heavy (non-hydrogen) atoms. The van der Waals surface area contributed by atoms with E-state index in [0.717, 1.165) is 45.4 Å². The van der Waals surface area contributed by atoms with Gasteiger partial charge in [0, 0.05) is 12.1 Å². The van der Waals surface area contributed by atoms with E-state index in [2.05, 4.69) is 23.7 Å². The van der Waals surface area contributed by atoms with E-state index in [1.54, 1.807) is 0 Å². The molecule has 0 fully saturated rings. The van der Waals surface area contributed by atoms with Gasteiger partial charge < -0.3 is 4.90 Å². The number of aromatic nitrogens is 1. The maximum absolute atomic E-state index is 11.2. The highest BCUT2D eigenvalue weighted by Gasteiger charge is 2.19. The predicted molar refractivity (Wildman–Crippen MR) is 89.8 cm³/mol. The summed E-state index contributed by atoms with van der Waals surface area (Å²) in [5, 5.41) is 1.60. The molecule has 112 valence electrons. The van der Waals surface area contributed by atoms with Crippen molar-refractivity contribution in [3.63, 3.8) is 0 Å². The van der Waals surface area contributed by atoms with E-state index in [0.29, 0.717) is 0 Å². The number of aryl methyl sites for hydroxylation is 1. The molecule has 0 saturated carbocycles. The molecule has 0 bridgehead atoms. The molecule has 0 N–H and O–H groups in total. The third kappa shape index (κ3) is 3.44. The zero-order valence-electron chi connectivity index (χ0n) is 12.5. The summed E-state index contributed by atoms with van der Waals surface area (Å²) in [5.74, 6) is 0. The van der Waals surface area contributed by atoms with Gasteiger partial charge in [-0.3, -0.25) is 4.79 Å². The van der Waals surface area contributed by atoms with Gasteiger partial charge in [0.15, 0.2) is 11.4 Å². The zero-order valence-corrected chi connectivity index (χ0v) is 14.0. The number of carbonyl (C=O) groups excluding carboxylic acids is 1. The molecule has 0 saturated heterocycles. The second-order valence-corrected chi connectivity index (χ2v) is 6.40. The highest BCUT2D eigenvalue weighted by molar-refractivity contribution is 7.17. The normalized spacial score (nSPS) is 12.2. The minimum absolute atomic E-state index is 0.0961. The van der Waals surface area contributed by atoms with Crippen LogP contribution in [0.15, 0.2) is 24.3 Å². The van der Waals surface area contributed by atoms with Crippen LogP contribution in [0, 0.1) is 0 Å². The van der Waals surface area contributed by atoms with Gasteiger partial charge in [-0.25, -0.2) is 4.98 Å². The largest absolute Gasteiger partial charge is 0.344 e. The fraction of sp³-hybridized carbons (Fsp3) is 0.375. The SMILES string of the molecule is CCCc1nc(N(C)C(C)c2ccccc2Cl)sc1C=O. The van der Waals surface area contributed by atoms with E-state index in [-0.39, 0.29) is 6.04 Å². The van der Waals surface area contributed by atoms with Gasteiger partial charge in [0.2, 0.25) is 0 Å². The molecule has 2 aromatic rings. The molecule has 1 atom stereocenters. The average Bonchev–Trinajstić information content (AvgIpc) is 2.90.